The van der Waals surface area contributed by atoms with E-state index < -0.39 is 0 Å². The summed E-state index contributed by atoms with van der Waals surface area (Å²) in [5.41, 5.74) is 7.75. The van der Waals surface area contributed by atoms with Crippen LogP contribution < -0.4 is 5.32 Å². The van der Waals surface area contributed by atoms with E-state index in [1.807, 2.05) is 37.5 Å². The molecule has 1 aromatic heterocycles. The molecular formula is C19H17ClN4. The topological polar surface area (TPSA) is 49.6 Å². The fraction of sp³-hybridized carbons (Fsp3) is 0.211. The molecule has 0 unspecified atom stereocenters. The van der Waals surface area contributed by atoms with Crippen molar-refractivity contribution in [2.75, 3.05) is 25.5 Å². The van der Waals surface area contributed by atoms with Crippen molar-refractivity contribution in [2.24, 2.45) is 9.98 Å². The summed E-state index contributed by atoms with van der Waals surface area (Å²) >= 11 is 6.04. The van der Waals surface area contributed by atoms with Gasteiger partial charge in [0.25, 0.3) is 0 Å². The number of benzene rings is 1. The molecule has 5 heteroatoms. The molecule has 0 bridgehead atoms. The van der Waals surface area contributed by atoms with Crippen LogP contribution >= 0.6 is 11.6 Å². The third-order valence-corrected chi connectivity index (χ3v) is 4.70. The van der Waals surface area contributed by atoms with Crippen molar-refractivity contribution < 1.29 is 0 Å². The Hall–Kier alpha value is -2.46. The van der Waals surface area contributed by atoms with Crippen molar-refractivity contribution in [2.45, 2.75) is 6.92 Å². The number of allylic oxidation sites excluding steroid dienone is 1. The molecular weight excluding hydrogens is 320 g/mol. The normalized spacial score (nSPS) is 16.1. The van der Waals surface area contributed by atoms with E-state index in [4.69, 9.17) is 16.6 Å². The van der Waals surface area contributed by atoms with Gasteiger partial charge in [0.05, 0.1) is 18.8 Å². The van der Waals surface area contributed by atoms with Gasteiger partial charge in [0.15, 0.2) is 0 Å². The van der Waals surface area contributed by atoms with Crippen LogP contribution in [0.25, 0.3) is 5.57 Å². The van der Waals surface area contributed by atoms with E-state index in [1.165, 1.54) is 11.1 Å². The second kappa shape index (κ2) is 5.87. The smallest absolute Gasteiger partial charge is 0.126 e. The zero-order valence-corrected chi connectivity index (χ0v) is 14.4. The van der Waals surface area contributed by atoms with Gasteiger partial charge in [-0.15, -0.1) is 0 Å². The number of aliphatic imine (C=N–C) groups is 2. The average Bonchev–Trinajstić information content (AvgIpc) is 2.88. The number of aromatic nitrogens is 1. The molecule has 2 aliphatic rings. The summed E-state index contributed by atoms with van der Waals surface area (Å²) in [5, 5.41) is 3.84. The molecule has 0 spiro atoms. The SMILES string of the molecule is CNc1cc2c(cn1)C1=C(CN=C1C)CN=C2c1ccc(Cl)cc1. The Morgan fingerprint density at radius 2 is 1.79 bits per heavy atom. The highest BCUT2D eigenvalue weighted by Gasteiger charge is 2.26. The maximum absolute atomic E-state index is 6.04. The molecule has 0 atom stereocenters. The van der Waals surface area contributed by atoms with E-state index in [9.17, 15) is 0 Å². The van der Waals surface area contributed by atoms with Crippen LogP contribution in [0, 0.1) is 0 Å². The summed E-state index contributed by atoms with van der Waals surface area (Å²) in [6, 6.07) is 9.89. The number of nitrogens with zero attached hydrogens (tertiary/aromatic N) is 3. The van der Waals surface area contributed by atoms with Gasteiger partial charge in [-0.3, -0.25) is 9.98 Å². The van der Waals surface area contributed by atoms with Gasteiger partial charge in [-0.1, -0.05) is 23.7 Å². The third-order valence-electron chi connectivity index (χ3n) is 4.45. The van der Waals surface area contributed by atoms with Gasteiger partial charge in [0, 0.05) is 46.2 Å². The van der Waals surface area contributed by atoms with E-state index in [0.29, 0.717) is 6.54 Å². The lowest BCUT2D eigenvalue weighted by atomic mass is 9.92. The quantitative estimate of drug-likeness (QED) is 0.905. The summed E-state index contributed by atoms with van der Waals surface area (Å²) in [7, 11) is 1.87. The van der Waals surface area contributed by atoms with Gasteiger partial charge < -0.3 is 5.32 Å². The van der Waals surface area contributed by atoms with Gasteiger partial charge >= 0.3 is 0 Å². The first-order valence-corrected chi connectivity index (χ1v) is 8.27. The standard InChI is InChI=1S/C19H17ClN4/c1-11-18-13(8-22-11)9-24-19(12-3-5-14(20)6-4-12)15-7-17(21-2)23-10-16(15)18/h3-7,10H,8-9H2,1-2H3,(H,21,23). The summed E-state index contributed by atoms with van der Waals surface area (Å²) in [5.74, 6) is 0.826. The second-order valence-electron chi connectivity index (χ2n) is 5.92. The van der Waals surface area contributed by atoms with Crippen molar-refractivity contribution >= 4 is 34.4 Å². The Labute approximate surface area is 146 Å². The lowest BCUT2D eigenvalue weighted by Gasteiger charge is -2.13. The van der Waals surface area contributed by atoms with E-state index in [-0.39, 0.29) is 0 Å². The number of halogens is 1. The molecule has 0 fully saturated rings. The summed E-state index contributed by atoms with van der Waals surface area (Å²) in [4.78, 5) is 14.0. The first-order valence-electron chi connectivity index (χ1n) is 7.89. The van der Waals surface area contributed by atoms with Crippen LogP contribution in [0.5, 0.6) is 0 Å². The molecule has 0 radical (unpaired) electrons. The van der Waals surface area contributed by atoms with E-state index >= 15 is 0 Å². The highest BCUT2D eigenvalue weighted by atomic mass is 35.5. The maximum Gasteiger partial charge on any atom is 0.126 e. The Balaban J connectivity index is 1.93. The van der Waals surface area contributed by atoms with Crippen molar-refractivity contribution in [3.63, 3.8) is 0 Å². The summed E-state index contributed by atoms with van der Waals surface area (Å²) in [6.07, 6.45) is 1.93. The van der Waals surface area contributed by atoms with Gasteiger partial charge in [-0.25, -0.2) is 4.98 Å². The molecule has 120 valence electrons. The van der Waals surface area contributed by atoms with Crippen molar-refractivity contribution in [3.8, 4) is 0 Å². The van der Waals surface area contributed by atoms with E-state index in [1.54, 1.807) is 0 Å². The van der Waals surface area contributed by atoms with E-state index in [2.05, 4.69) is 28.3 Å². The molecule has 0 saturated heterocycles. The van der Waals surface area contributed by atoms with Crippen LogP contribution in [-0.2, 0) is 0 Å². The van der Waals surface area contributed by atoms with Crippen LogP contribution in [0.1, 0.15) is 23.6 Å². The molecule has 2 aromatic rings. The Kier molecular flexibility index (Phi) is 3.69. The molecule has 4 nitrogen and oxygen atoms in total. The van der Waals surface area contributed by atoms with Crippen molar-refractivity contribution in [1.82, 2.24) is 4.98 Å². The fourth-order valence-corrected chi connectivity index (χ4v) is 3.37. The second-order valence-corrected chi connectivity index (χ2v) is 6.35. The Bertz CT molecular complexity index is 907. The molecule has 4 rings (SSSR count). The van der Waals surface area contributed by atoms with Crippen LogP contribution in [0.3, 0.4) is 0 Å². The minimum absolute atomic E-state index is 0.664. The number of rotatable bonds is 2. The fourth-order valence-electron chi connectivity index (χ4n) is 3.24. The minimum Gasteiger partial charge on any atom is -0.373 e. The molecule has 24 heavy (non-hydrogen) atoms. The molecule has 0 aliphatic carbocycles. The molecule has 2 aliphatic heterocycles. The predicted molar refractivity (Wildman–Crippen MR) is 101 cm³/mol. The summed E-state index contributed by atoms with van der Waals surface area (Å²) in [6.45, 7) is 3.45. The van der Waals surface area contributed by atoms with Crippen LogP contribution in [-0.4, -0.2) is 36.5 Å². The maximum atomic E-state index is 6.04. The number of hydrogen-bond acceptors (Lipinski definition) is 4. The first-order chi connectivity index (χ1) is 11.7. The highest BCUT2D eigenvalue weighted by molar-refractivity contribution is 6.31. The Morgan fingerprint density at radius 1 is 1.04 bits per heavy atom. The Morgan fingerprint density at radius 3 is 2.54 bits per heavy atom. The van der Waals surface area contributed by atoms with Crippen LogP contribution in [0.15, 0.2) is 52.1 Å². The van der Waals surface area contributed by atoms with Crippen LogP contribution in [0.2, 0.25) is 5.02 Å². The van der Waals surface area contributed by atoms with Gasteiger partial charge in [-0.05, 0) is 30.7 Å². The number of fused-ring (bicyclic) bond motifs is 2. The van der Waals surface area contributed by atoms with Crippen molar-refractivity contribution in [3.05, 3.63) is 63.8 Å². The minimum atomic E-state index is 0.664. The van der Waals surface area contributed by atoms with E-state index in [0.717, 1.165) is 45.5 Å². The monoisotopic (exact) mass is 336 g/mol. The predicted octanol–water partition coefficient (Wildman–Crippen LogP) is 3.86. The van der Waals surface area contributed by atoms with Gasteiger partial charge in [0.2, 0.25) is 0 Å². The summed E-state index contributed by atoms with van der Waals surface area (Å²) < 4.78 is 0. The third kappa shape index (κ3) is 2.43. The average molecular weight is 337 g/mol. The zero-order valence-electron chi connectivity index (χ0n) is 13.6. The first kappa shape index (κ1) is 15.1. The molecule has 0 saturated carbocycles. The molecule has 3 heterocycles. The zero-order chi connectivity index (χ0) is 16.7. The number of anilines is 1. The van der Waals surface area contributed by atoms with Crippen molar-refractivity contribution in [1.29, 1.82) is 0 Å². The molecule has 1 N–H and O–H groups in total. The lowest BCUT2D eigenvalue weighted by molar-refractivity contribution is 1.07. The lowest BCUT2D eigenvalue weighted by Crippen LogP contribution is -2.09. The number of hydrogen-bond donors (Lipinski definition) is 1. The number of nitrogens with one attached hydrogen (secondary N) is 1. The van der Waals surface area contributed by atoms with Crippen LogP contribution in [0.4, 0.5) is 5.82 Å². The molecule has 0 amide bonds. The largest absolute Gasteiger partial charge is 0.373 e. The number of pyridine rings is 1. The van der Waals surface area contributed by atoms with Gasteiger partial charge in [-0.2, -0.15) is 0 Å². The molecule has 1 aromatic carbocycles. The highest BCUT2D eigenvalue weighted by Crippen LogP contribution is 2.33. The van der Waals surface area contributed by atoms with Gasteiger partial charge in [0.1, 0.15) is 5.82 Å².